The molecule has 0 aliphatic carbocycles. The zero-order valence-corrected chi connectivity index (χ0v) is 16.9. The molecule has 0 bridgehead atoms. The number of halogens is 1. The van der Waals surface area contributed by atoms with Gasteiger partial charge in [0.2, 0.25) is 0 Å². The summed E-state index contributed by atoms with van der Waals surface area (Å²) in [5, 5.41) is 0. The quantitative estimate of drug-likeness (QED) is 0.485. The van der Waals surface area contributed by atoms with Crippen LogP contribution in [0.3, 0.4) is 0 Å². The maximum Gasteiger partial charge on any atom is 0.0502 e. The minimum Gasteiger partial charge on any atom is -0.384 e. The molecule has 0 spiro atoms. The van der Waals surface area contributed by atoms with E-state index < -0.39 is 0 Å². The Morgan fingerprint density at radius 2 is 1.43 bits per heavy atom. The van der Waals surface area contributed by atoms with E-state index in [1.807, 2.05) is 0 Å². The third-order valence-electron chi connectivity index (χ3n) is 5.87. The van der Waals surface area contributed by atoms with Crippen LogP contribution in [0.4, 0.5) is 0 Å². The number of rotatable bonds is 9. The van der Waals surface area contributed by atoms with Gasteiger partial charge in [-0.05, 0) is 46.6 Å². The van der Waals surface area contributed by atoms with Crippen molar-refractivity contribution in [2.75, 3.05) is 19.6 Å². The Balaban J connectivity index is 2.75. The van der Waals surface area contributed by atoms with Gasteiger partial charge in [-0.15, -0.1) is 11.6 Å². The number of hydrogen-bond acceptors (Lipinski definition) is 1. The Bertz CT molecular complexity index is 471. The predicted octanol–water partition coefficient (Wildman–Crippen LogP) is 6.22. The van der Waals surface area contributed by atoms with Crippen molar-refractivity contribution < 1.29 is 4.74 Å². The molecule has 1 aromatic rings. The minimum absolute atomic E-state index is 0.147. The Labute approximate surface area is 148 Å². The van der Waals surface area contributed by atoms with Gasteiger partial charge in [0, 0.05) is 13.0 Å². The second-order valence-corrected chi connectivity index (χ2v) is 8.99. The van der Waals surface area contributed by atoms with Gasteiger partial charge in [0.25, 0.3) is 0 Å². The summed E-state index contributed by atoms with van der Waals surface area (Å²) < 4.78 is 5.15. The van der Waals surface area contributed by atoms with E-state index in [1.165, 1.54) is 17.5 Å². The maximum atomic E-state index is 6.19. The fourth-order valence-corrected chi connectivity index (χ4v) is 2.99. The smallest absolute Gasteiger partial charge is 0.0502 e. The van der Waals surface area contributed by atoms with Crippen molar-refractivity contribution in [3.05, 3.63) is 35.4 Å². The van der Waals surface area contributed by atoms with Gasteiger partial charge in [0.15, 0.2) is 0 Å². The number of benzene rings is 1. The van der Waals surface area contributed by atoms with Crippen LogP contribution < -0.4 is 0 Å². The molecular weight excluding hydrogens is 304 g/mol. The lowest BCUT2D eigenvalue weighted by atomic mass is 9.64. The van der Waals surface area contributed by atoms with Crippen LogP contribution in [0.5, 0.6) is 0 Å². The highest BCUT2D eigenvalue weighted by Crippen LogP contribution is 2.45. The molecule has 23 heavy (non-hydrogen) atoms. The van der Waals surface area contributed by atoms with E-state index in [9.17, 15) is 0 Å². The number of ether oxygens (including phenoxy) is 1. The van der Waals surface area contributed by atoms with Crippen molar-refractivity contribution in [3.63, 3.8) is 0 Å². The van der Waals surface area contributed by atoms with Crippen LogP contribution in [-0.4, -0.2) is 19.6 Å². The zero-order chi connectivity index (χ0) is 17.7. The van der Waals surface area contributed by atoms with Crippen LogP contribution in [0.2, 0.25) is 0 Å². The maximum absolute atomic E-state index is 6.19. The molecule has 0 aromatic heterocycles. The molecule has 0 fully saturated rings. The van der Waals surface area contributed by atoms with Crippen molar-refractivity contribution in [3.8, 4) is 0 Å². The van der Waals surface area contributed by atoms with E-state index >= 15 is 0 Å². The topological polar surface area (TPSA) is 9.23 Å². The van der Waals surface area contributed by atoms with Crippen LogP contribution in [0.1, 0.15) is 65.5 Å². The Kier molecular flexibility index (Phi) is 7.16. The standard InChI is InChI=1S/C21H35ClO/c1-19(2,13-14-20(3,4)21(5,6)16-22)18-10-8-17(9-11-18)12-15-23-7/h8-11H,12-16H2,1-7H3. The highest BCUT2D eigenvalue weighted by molar-refractivity contribution is 6.18. The SMILES string of the molecule is COCCc1ccc(C(C)(C)CCC(C)(C)C(C)(C)CCl)cc1. The molecule has 0 saturated carbocycles. The normalized spacial score (nSPS) is 13.4. The molecule has 0 aliphatic heterocycles. The van der Waals surface area contributed by atoms with E-state index in [2.05, 4.69) is 65.8 Å². The second-order valence-electron chi connectivity index (χ2n) is 8.73. The number of methoxy groups -OCH3 is 1. The molecule has 0 N–H and O–H groups in total. The average molecular weight is 339 g/mol. The molecule has 0 aliphatic rings. The summed E-state index contributed by atoms with van der Waals surface area (Å²) >= 11 is 6.19. The fourth-order valence-electron chi connectivity index (χ4n) is 2.63. The lowest BCUT2D eigenvalue weighted by Gasteiger charge is -2.42. The first-order valence-electron chi connectivity index (χ1n) is 8.70. The van der Waals surface area contributed by atoms with E-state index in [0.29, 0.717) is 5.88 Å². The average Bonchev–Trinajstić information content (AvgIpc) is 2.51. The van der Waals surface area contributed by atoms with Crippen molar-refractivity contribution in [2.24, 2.45) is 10.8 Å². The first-order chi connectivity index (χ1) is 10.6. The van der Waals surface area contributed by atoms with Gasteiger partial charge >= 0.3 is 0 Å². The molecule has 132 valence electrons. The molecule has 0 radical (unpaired) electrons. The van der Waals surface area contributed by atoms with E-state index in [4.69, 9.17) is 16.3 Å². The van der Waals surface area contributed by atoms with E-state index in [-0.39, 0.29) is 16.2 Å². The Morgan fingerprint density at radius 3 is 1.91 bits per heavy atom. The molecule has 0 heterocycles. The van der Waals surface area contributed by atoms with E-state index in [1.54, 1.807) is 7.11 Å². The van der Waals surface area contributed by atoms with Gasteiger partial charge in [-0.2, -0.15) is 0 Å². The van der Waals surface area contributed by atoms with E-state index in [0.717, 1.165) is 19.4 Å². The summed E-state index contributed by atoms with van der Waals surface area (Å²) in [7, 11) is 1.75. The monoisotopic (exact) mass is 338 g/mol. The summed E-state index contributed by atoms with van der Waals surface area (Å²) in [4.78, 5) is 0. The summed E-state index contributed by atoms with van der Waals surface area (Å²) in [6.07, 6.45) is 3.32. The molecular formula is C21H35ClO. The third kappa shape index (κ3) is 5.50. The highest BCUT2D eigenvalue weighted by atomic mass is 35.5. The molecule has 0 unspecified atom stereocenters. The first-order valence-corrected chi connectivity index (χ1v) is 9.23. The number of alkyl halides is 1. The number of hydrogen-bond donors (Lipinski definition) is 0. The molecule has 1 rings (SSSR count). The van der Waals surface area contributed by atoms with Gasteiger partial charge in [0.05, 0.1) is 6.61 Å². The lowest BCUT2D eigenvalue weighted by molar-refractivity contribution is 0.111. The van der Waals surface area contributed by atoms with Crippen LogP contribution in [-0.2, 0) is 16.6 Å². The Hall–Kier alpha value is -0.530. The van der Waals surface area contributed by atoms with Crippen LogP contribution in [0.15, 0.2) is 24.3 Å². The van der Waals surface area contributed by atoms with Crippen molar-refractivity contribution in [1.29, 1.82) is 0 Å². The van der Waals surface area contributed by atoms with Crippen LogP contribution in [0, 0.1) is 10.8 Å². The zero-order valence-electron chi connectivity index (χ0n) is 16.1. The first kappa shape index (κ1) is 20.5. The highest BCUT2D eigenvalue weighted by Gasteiger charge is 2.37. The molecule has 1 aromatic carbocycles. The summed E-state index contributed by atoms with van der Waals surface area (Å²) in [5.74, 6) is 0.703. The van der Waals surface area contributed by atoms with Crippen molar-refractivity contribution in [1.82, 2.24) is 0 Å². The summed E-state index contributed by atoms with van der Waals surface area (Å²) in [6.45, 7) is 14.7. The lowest BCUT2D eigenvalue weighted by Crippen LogP contribution is -2.35. The van der Waals surface area contributed by atoms with Crippen LogP contribution >= 0.6 is 11.6 Å². The third-order valence-corrected chi connectivity index (χ3v) is 6.54. The molecule has 1 nitrogen and oxygen atoms in total. The van der Waals surface area contributed by atoms with Crippen LogP contribution in [0.25, 0.3) is 0 Å². The predicted molar refractivity (Wildman–Crippen MR) is 103 cm³/mol. The molecule has 0 saturated heterocycles. The second kappa shape index (κ2) is 8.03. The largest absolute Gasteiger partial charge is 0.384 e. The fraction of sp³-hybridized carbons (Fsp3) is 0.714. The van der Waals surface area contributed by atoms with Gasteiger partial charge in [-0.3, -0.25) is 0 Å². The van der Waals surface area contributed by atoms with Gasteiger partial charge in [0.1, 0.15) is 0 Å². The van der Waals surface area contributed by atoms with Gasteiger partial charge in [-0.25, -0.2) is 0 Å². The minimum atomic E-state index is 0.147. The van der Waals surface area contributed by atoms with Gasteiger partial charge < -0.3 is 4.74 Å². The Morgan fingerprint density at radius 1 is 0.870 bits per heavy atom. The summed E-state index contributed by atoms with van der Waals surface area (Å²) in [6, 6.07) is 9.04. The molecule has 0 amide bonds. The summed E-state index contributed by atoms with van der Waals surface area (Å²) in [5.41, 5.74) is 3.31. The molecule has 2 heteroatoms. The molecule has 0 atom stereocenters. The van der Waals surface area contributed by atoms with Gasteiger partial charge in [-0.1, -0.05) is 65.8 Å². The van der Waals surface area contributed by atoms with Crippen molar-refractivity contribution in [2.45, 2.75) is 66.2 Å². The van der Waals surface area contributed by atoms with Crippen molar-refractivity contribution >= 4 is 11.6 Å².